The maximum Gasteiger partial charge on any atom is 0.309 e. The predicted octanol–water partition coefficient (Wildman–Crippen LogP) is 3.25. The van der Waals surface area contributed by atoms with Gasteiger partial charge in [0.1, 0.15) is 5.65 Å². The van der Waals surface area contributed by atoms with Gasteiger partial charge in [-0.15, -0.1) is 0 Å². The van der Waals surface area contributed by atoms with Crippen molar-refractivity contribution >= 4 is 23.2 Å². The summed E-state index contributed by atoms with van der Waals surface area (Å²) in [6.45, 7) is 1.35. The van der Waals surface area contributed by atoms with Gasteiger partial charge in [0.15, 0.2) is 0 Å². The number of imidazole rings is 1. The molecule has 5 nitrogen and oxygen atoms in total. The molecule has 1 aromatic carbocycles. The Morgan fingerprint density at radius 2 is 1.96 bits per heavy atom. The van der Waals surface area contributed by atoms with Crippen LogP contribution in [0.3, 0.4) is 0 Å². The first kappa shape index (κ1) is 16.5. The molecule has 3 aromatic rings. The van der Waals surface area contributed by atoms with E-state index in [-0.39, 0.29) is 6.42 Å². The minimum absolute atomic E-state index is 0.103. The van der Waals surface area contributed by atoms with Gasteiger partial charge in [0.2, 0.25) is 0 Å². The first-order chi connectivity index (χ1) is 11.5. The lowest BCUT2D eigenvalue weighted by molar-refractivity contribution is -0.136. The van der Waals surface area contributed by atoms with E-state index < -0.39 is 5.97 Å². The monoisotopic (exact) mass is 343 g/mol. The number of nitrogens with zero attached hydrogens (tertiary/aromatic N) is 3. The van der Waals surface area contributed by atoms with Crippen molar-refractivity contribution in [2.24, 2.45) is 0 Å². The van der Waals surface area contributed by atoms with Gasteiger partial charge in [-0.05, 0) is 24.7 Å². The van der Waals surface area contributed by atoms with Crippen molar-refractivity contribution in [2.75, 3.05) is 7.05 Å². The van der Waals surface area contributed by atoms with Crippen LogP contribution in [0.2, 0.25) is 5.02 Å². The van der Waals surface area contributed by atoms with Gasteiger partial charge in [0, 0.05) is 19.3 Å². The van der Waals surface area contributed by atoms with Crippen LogP contribution < -0.4 is 0 Å². The van der Waals surface area contributed by atoms with E-state index in [9.17, 15) is 4.79 Å². The van der Waals surface area contributed by atoms with Crippen LogP contribution in [0.5, 0.6) is 0 Å². The van der Waals surface area contributed by atoms with E-state index in [1.165, 1.54) is 5.56 Å². The van der Waals surface area contributed by atoms with Crippen LogP contribution in [-0.2, 0) is 24.3 Å². The number of carboxylic acids is 1. The number of hydrogen-bond acceptors (Lipinski definition) is 3. The fraction of sp³-hybridized carbons (Fsp3) is 0.222. The molecule has 0 aliphatic rings. The Morgan fingerprint density at radius 1 is 1.21 bits per heavy atom. The molecule has 0 atom stereocenters. The molecule has 0 bridgehead atoms. The maximum absolute atomic E-state index is 11.2. The second kappa shape index (κ2) is 7.03. The summed E-state index contributed by atoms with van der Waals surface area (Å²) in [4.78, 5) is 17.7. The van der Waals surface area contributed by atoms with Gasteiger partial charge in [-0.3, -0.25) is 9.69 Å². The van der Waals surface area contributed by atoms with Crippen molar-refractivity contribution in [1.82, 2.24) is 14.3 Å². The molecule has 0 aliphatic carbocycles. The highest BCUT2D eigenvalue weighted by molar-refractivity contribution is 6.30. The van der Waals surface area contributed by atoms with Crippen molar-refractivity contribution in [2.45, 2.75) is 19.5 Å². The van der Waals surface area contributed by atoms with E-state index >= 15 is 0 Å². The Labute approximate surface area is 145 Å². The lowest BCUT2D eigenvalue weighted by Gasteiger charge is -2.17. The molecule has 0 fully saturated rings. The summed E-state index contributed by atoms with van der Waals surface area (Å²) in [5.74, 6) is -0.892. The minimum atomic E-state index is -0.892. The molecular formula is C18H18ClN3O2. The third kappa shape index (κ3) is 3.75. The van der Waals surface area contributed by atoms with Crippen LogP contribution >= 0.6 is 11.6 Å². The third-order valence-corrected chi connectivity index (χ3v) is 4.02. The summed E-state index contributed by atoms with van der Waals surface area (Å²) >= 11 is 6.09. The van der Waals surface area contributed by atoms with Crippen LogP contribution in [0.25, 0.3) is 5.65 Å². The molecular weight excluding hydrogens is 326 g/mol. The van der Waals surface area contributed by atoms with Gasteiger partial charge in [0.05, 0.1) is 22.8 Å². The number of rotatable bonds is 6. The Bertz CT molecular complexity index is 861. The van der Waals surface area contributed by atoms with E-state index in [1.807, 2.05) is 29.6 Å². The first-order valence-corrected chi connectivity index (χ1v) is 8.00. The average Bonchev–Trinajstić information content (AvgIpc) is 2.84. The van der Waals surface area contributed by atoms with Crippen molar-refractivity contribution in [3.63, 3.8) is 0 Å². The zero-order valence-corrected chi connectivity index (χ0v) is 14.1. The Balaban J connectivity index is 1.91. The van der Waals surface area contributed by atoms with Gasteiger partial charge in [-0.1, -0.05) is 41.9 Å². The molecule has 0 saturated heterocycles. The quantitative estimate of drug-likeness (QED) is 0.746. The highest BCUT2D eigenvalue weighted by Gasteiger charge is 2.16. The van der Waals surface area contributed by atoms with Crippen molar-refractivity contribution in [3.05, 3.63) is 70.6 Å². The van der Waals surface area contributed by atoms with Gasteiger partial charge >= 0.3 is 5.97 Å². The molecule has 0 spiro atoms. The van der Waals surface area contributed by atoms with Crippen molar-refractivity contribution < 1.29 is 9.90 Å². The van der Waals surface area contributed by atoms with E-state index in [0.717, 1.165) is 12.2 Å². The van der Waals surface area contributed by atoms with Crippen LogP contribution in [-0.4, -0.2) is 32.4 Å². The molecule has 0 unspecified atom stereocenters. The molecule has 124 valence electrons. The van der Waals surface area contributed by atoms with Crippen molar-refractivity contribution in [3.8, 4) is 0 Å². The minimum Gasteiger partial charge on any atom is -0.481 e. The molecule has 1 N–H and O–H groups in total. The first-order valence-electron chi connectivity index (χ1n) is 7.62. The van der Waals surface area contributed by atoms with Gasteiger partial charge in [-0.2, -0.15) is 0 Å². The molecule has 0 amide bonds. The molecule has 3 rings (SSSR count). The lowest BCUT2D eigenvalue weighted by atomic mass is 10.2. The molecule has 0 saturated carbocycles. The smallest absolute Gasteiger partial charge is 0.309 e. The SMILES string of the molecule is CN(Cc1ccccc1)Cc1c(CC(=O)O)nc2ccc(Cl)cn12. The summed E-state index contributed by atoms with van der Waals surface area (Å²) in [6.07, 6.45) is 1.68. The Morgan fingerprint density at radius 3 is 2.67 bits per heavy atom. The Kier molecular flexibility index (Phi) is 4.83. The topological polar surface area (TPSA) is 57.8 Å². The van der Waals surface area contributed by atoms with E-state index in [0.29, 0.717) is 22.9 Å². The van der Waals surface area contributed by atoms with Crippen LogP contribution in [0.1, 0.15) is 17.0 Å². The third-order valence-electron chi connectivity index (χ3n) is 3.80. The van der Waals surface area contributed by atoms with Crippen molar-refractivity contribution in [1.29, 1.82) is 0 Å². The number of halogens is 1. The lowest BCUT2D eigenvalue weighted by Crippen LogP contribution is -2.19. The Hall–Kier alpha value is -2.37. The molecule has 0 radical (unpaired) electrons. The largest absolute Gasteiger partial charge is 0.481 e. The van der Waals surface area contributed by atoms with E-state index in [4.69, 9.17) is 16.7 Å². The van der Waals surface area contributed by atoms with E-state index in [1.54, 1.807) is 18.3 Å². The highest BCUT2D eigenvalue weighted by Crippen LogP contribution is 2.19. The number of fused-ring (bicyclic) bond motifs is 1. The highest BCUT2D eigenvalue weighted by atomic mass is 35.5. The van der Waals surface area contributed by atoms with Gasteiger partial charge in [0.25, 0.3) is 0 Å². The number of aliphatic carboxylic acids is 1. The number of hydrogen-bond donors (Lipinski definition) is 1. The van der Waals surface area contributed by atoms with Gasteiger partial charge in [-0.25, -0.2) is 4.98 Å². The van der Waals surface area contributed by atoms with Crippen LogP contribution in [0, 0.1) is 0 Å². The summed E-state index contributed by atoms with van der Waals surface area (Å²) < 4.78 is 1.88. The summed E-state index contributed by atoms with van der Waals surface area (Å²) in [7, 11) is 2.00. The molecule has 2 heterocycles. The normalized spacial score (nSPS) is 11.3. The molecule has 0 aliphatic heterocycles. The summed E-state index contributed by atoms with van der Waals surface area (Å²) in [5.41, 5.74) is 3.34. The van der Waals surface area contributed by atoms with E-state index in [2.05, 4.69) is 22.0 Å². The summed E-state index contributed by atoms with van der Waals surface area (Å²) in [6, 6.07) is 13.7. The number of carbonyl (C=O) groups is 1. The fourth-order valence-electron chi connectivity index (χ4n) is 2.78. The van der Waals surface area contributed by atoms with Gasteiger partial charge < -0.3 is 9.51 Å². The number of aromatic nitrogens is 2. The zero-order valence-electron chi connectivity index (χ0n) is 13.3. The zero-order chi connectivity index (χ0) is 17.1. The fourth-order valence-corrected chi connectivity index (χ4v) is 2.94. The maximum atomic E-state index is 11.2. The van der Waals surface area contributed by atoms with Crippen LogP contribution in [0.4, 0.5) is 0 Å². The second-order valence-electron chi connectivity index (χ2n) is 5.81. The molecule has 6 heteroatoms. The number of pyridine rings is 1. The van der Waals surface area contributed by atoms with Crippen LogP contribution in [0.15, 0.2) is 48.7 Å². The standard InChI is InChI=1S/C18H18ClN3O2/c1-21(10-13-5-3-2-4-6-13)12-16-15(9-18(23)24)20-17-8-7-14(19)11-22(16)17/h2-8,11H,9-10,12H2,1H3,(H,23,24). The summed E-state index contributed by atoms with van der Waals surface area (Å²) in [5, 5.41) is 9.74. The second-order valence-corrected chi connectivity index (χ2v) is 6.25. The average molecular weight is 344 g/mol. The molecule has 2 aromatic heterocycles. The molecule has 24 heavy (non-hydrogen) atoms. The predicted molar refractivity (Wildman–Crippen MR) is 93.2 cm³/mol. The number of carboxylic acid groups (broad SMARTS) is 1. The number of benzene rings is 1.